The van der Waals surface area contributed by atoms with Crippen molar-refractivity contribution in [3.63, 3.8) is 0 Å². The predicted molar refractivity (Wildman–Crippen MR) is 101 cm³/mol. The van der Waals surface area contributed by atoms with E-state index in [0.29, 0.717) is 16.8 Å². The molecule has 0 spiro atoms. The molecule has 4 aromatic rings. The SMILES string of the molecule is Cc1ccc(C)c(-c2nn(Cc3cc(C)on3)c(=O)c3ccccc23)c1. The van der Waals surface area contributed by atoms with Gasteiger partial charge in [0.1, 0.15) is 11.5 Å². The Hall–Kier alpha value is -3.21. The standard InChI is InChI=1S/C21H19N3O2/c1-13-8-9-14(2)19(10-13)20-17-6-4-5-7-18(17)21(25)24(22-20)12-16-11-15(3)26-23-16/h4-11H,12H2,1-3H3. The normalized spacial score (nSPS) is 11.2. The summed E-state index contributed by atoms with van der Waals surface area (Å²) in [7, 11) is 0. The van der Waals surface area contributed by atoms with Gasteiger partial charge in [-0.1, -0.05) is 41.1 Å². The van der Waals surface area contributed by atoms with E-state index in [1.807, 2.05) is 37.3 Å². The minimum absolute atomic E-state index is 0.129. The van der Waals surface area contributed by atoms with Gasteiger partial charge in [-0.15, -0.1) is 0 Å². The lowest BCUT2D eigenvalue weighted by atomic mass is 9.99. The van der Waals surface area contributed by atoms with Crippen LogP contribution < -0.4 is 5.56 Å². The average molecular weight is 345 g/mol. The van der Waals surface area contributed by atoms with Gasteiger partial charge in [0, 0.05) is 17.0 Å². The van der Waals surface area contributed by atoms with Gasteiger partial charge in [0.15, 0.2) is 0 Å². The first-order valence-corrected chi connectivity index (χ1v) is 8.52. The number of rotatable bonds is 3. The summed E-state index contributed by atoms with van der Waals surface area (Å²) in [5.41, 5.74) is 4.67. The zero-order valence-electron chi connectivity index (χ0n) is 15.0. The van der Waals surface area contributed by atoms with Crippen molar-refractivity contribution in [1.29, 1.82) is 0 Å². The van der Waals surface area contributed by atoms with Crippen molar-refractivity contribution in [2.24, 2.45) is 0 Å². The summed E-state index contributed by atoms with van der Waals surface area (Å²) in [6, 6.07) is 15.7. The van der Waals surface area contributed by atoms with Crippen LogP contribution >= 0.6 is 0 Å². The van der Waals surface area contributed by atoms with E-state index in [2.05, 4.69) is 37.2 Å². The van der Waals surface area contributed by atoms with E-state index in [9.17, 15) is 4.79 Å². The van der Waals surface area contributed by atoms with Crippen LogP contribution in [0, 0.1) is 20.8 Å². The van der Waals surface area contributed by atoms with Crippen molar-refractivity contribution in [3.8, 4) is 11.3 Å². The fraction of sp³-hybridized carbons (Fsp3) is 0.190. The summed E-state index contributed by atoms with van der Waals surface area (Å²) in [4.78, 5) is 12.9. The minimum Gasteiger partial charge on any atom is -0.361 e. The fourth-order valence-electron chi connectivity index (χ4n) is 3.18. The molecule has 130 valence electrons. The molecule has 2 aromatic heterocycles. The summed E-state index contributed by atoms with van der Waals surface area (Å²) in [6.07, 6.45) is 0. The number of aryl methyl sites for hydroxylation is 3. The van der Waals surface area contributed by atoms with Gasteiger partial charge in [-0.05, 0) is 38.5 Å². The Balaban J connectivity index is 1.98. The van der Waals surface area contributed by atoms with E-state index in [1.54, 1.807) is 0 Å². The number of fused-ring (bicyclic) bond motifs is 1. The summed E-state index contributed by atoms with van der Waals surface area (Å²) in [6.45, 7) is 6.22. The quantitative estimate of drug-likeness (QED) is 0.562. The largest absolute Gasteiger partial charge is 0.361 e. The molecule has 0 saturated carbocycles. The topological polar surface area (TPSA) is 60.9 Å². The summed E-state index contributed by atoms with van der Waals surface area (Å²) in [5.74, 6) is 0.712. The van der Waals surface area contributed by atoms with E-state index in [-0.39, 0.29) is 12.1 Å². The molecule has 26 heavy (non-hydrogen) atoms. The highest BCUT2D eigenvalue weighted by atomic mass is 16.5. The number of benzene rings is 2. The molecule has 4 rings (SSSR count). The van der Waals surface area contributed by atoms with Crippen molar-refractivity contribution in [2.45, 2.75) is 27.3 Å². The van der Waals surface area contributed by atoms with Crippen molar-refractivity contribution in [1.82, 2.24) is 14.9 Å². The van der Waals surface area contributed by atoms with Gasteiger partial charge < -0.3 is 4.52 Å². The molecule has 0 atom stereocenters. The second-order valence-electron chi connectivity index (χ2n) is 6.60. The van der Waals surface area contributed by atoms with E-state index < -0.39 is 0 Å². The molecule has 5 heteroatoms. The first-order valence-electron chi connectivity index (χ1n) is 8.52. The van der Waals surface area contributed by atoms with Gasteiger partial charge in [-0.2, -0.15) is 5.10 Å². The highest BCUT2D eigenvalue weighted by Gasteiger charge is 2.15. The summed E-state index contributed by atoms with van der Waals surface area (Å²) in [5, 5.41) is 10.2. The van der Waals surface area contributed by atoms with Gasteiger partial charge in [0.25, 0.3) is 5.56 Å². The van der Waals surface area contributed by atoms with E-state index in [0.717, 1.165) is 27.8 Å². The molecule has 0 aliphatic heterocycles. The molecule has 5 nitrogen and oxygen atoms in total. The maximum Gasteiger partial charge on any atom is 0.275 e. The Morgan fingerprint density at radius 3 is 2.50 bits per heavy atom. The van der Waals surface area contributed by atoms with Gasteiger partial charge in [0.2, 0.25) is 0 Å². The van der Waals surface area contributed by atoms with Gasteiger partial charge in [0.05, 0.1) is 17.6 Å². The maximum atomic E-state index is 12.9. The highest BCUT2D eigenvalue weighted by Crippen LogP contribution is 2.28. The molecular formula is C21H19N3O2. The van der Waals surface area contributed by atoms with Crippen LogP contribution in [0.1, 0.15) is 22.6 Å². The third-order valence-electron chi connectivity index (χ3n) is 4.50. The lowest BCUT2D eigenvalue weighted by Gasteiger charge is -2.12. The van der Waals surface area contributed by atoms with Crippen LogP contribution in [0.3, 0.4) is 0 Å². The average Bonchev–Trinajstić information content (AvgIpc) is 3.05. The Labute approximate surface area is 150 Å². The lowest BCUT2D eigenvalue weighted by Crippen LogP contribution is -2.24. The molecule has 0 bridgehead atoms. The second-order valence-corrected chi connectivity index (χ2v) is 6.60. The molecule has 0 saturated heterocycles. The molecule has 0 amide bonds. The third kappa shape index (κ3) is 2.81. The van der Waals surface area contributed by atoms with Crippen LogP contribution in [-0.4, -0.2) is 14.9 Å². The molecule has 0 unspecified atom stereocenters. The summed E-state index contributed by atoms with van der Waals surface area (Å²) < 4.78 is 6.59. The molecular weight excluding hydrogens is 326 g/mol. The zero-order chi connectivity index (χ0) is 18.3. The smallest absolute Gasteiger partial charge is 0.275 e. The Bertz CT molecular complexity index is 1170. The van der Waals surface area contributed by atoms with Gasteiger partial charge >= 0.3 is 0 Å². The molecule has 0 aliphatic rings. The number of hydrogen-bond donors (Lipinski definition) is 0. The van der Waals surface area contributed by atoms with Crippen LogP contribution in [-0.2, 0) is 6.54 Å². The van der Waals surface area contributed by atoms with Crippen molar-refractivity contribution in [3.05, 3.63) is 81.5 Å². The molecule has 0 radical (unpaired) electrons. The highest BCUT2D eigenvalue weighted by molar-refractivity contribution is 5.94. The minimum atomic E-state index is -0.129. The monoisotopic (exact) mass is 345 g/mol. The maximum absolute atomic E-state index is 12.9. The number of hydrogen-bond acceptors (Lipinski definition) is 4. The molecule has 2 aromatic carbocycles. The van der Waals surface area contributed by atoms with Crippen molar-refractivity contribution >= 4 is 10.8 Å². The third-order valence-corrected chi connectivity index (χ3v) is 4.50. The Kier molecular flexibility index (Phi) is 3.92. The molecule has 2 heterocycles. The van der Waals surface area contributed by atoms with E-state index in [1.165, 1.54) is 4.68 Å². The second kappa shape index (κ2) is 6.26. The van der Waals surface area contributed by atoms with Crippen LogP contribution in [0.15, 0.2) is 57.8 Å². The van der Waals surface area contributed by atoms with E-state index >= 15 is 0 Å². The Morgan fingerprint density at radius 2 is 1.77 bits per heavy atom. The number of aromatic nitrogens is 3. The van der Waals surface area contributed by atoms with Crippen LogP contribution in [0.2, 0.25) is 0 Å². The first kappa shape index (κ1) is 16.3. The van der Waals surface area contributed by atoms with Crippen LogP contribution in [0.5, 0.6) is 0 Å². The zero-order valence-corrected chi connectivity index (χ0v) is 15.0. The van der Waals surface area contributed by atoms with Crippen molar-refractivity contribution < 1.29 is 4.52 Å². The predicted octanol–water partition coefficient (Wildman–Crippen LogP) is 4.03. The van der Waals surface area contributed by atoms with Crippen molar-refractivity contribution in [2.75, 3.05) is 0 Å². The van der Waals surface area contributed by atoms with Crippen LogP contribution in [0.25, 0.3) is 22.0 Å². The molecule has 0 fully saturated rings. The van der Waals surface area contributed by atoms with Gasteiger partial charge in [-0.25, -0.2) is 4.68 Å². The number of nitrogens with zero attached hydrogens (tertiary/aromatic N) is 3. The molecule has 0 N–H and O–H groups in total. The van der Waals surface area contributed by atoms with E-state index in [4.69, 9.17) is 9.62 Å². The fourth-order valence-corrected chi connectivity index (χ4v) is 3.18. The Morgan fingerprint density at radius 1 is 1.00 bits per heavy atom. The lowest BCUT2D eigenvalue weighted by molar-refractivity contribution is 0.387. The molecule has 0 aliphatic carbocycles. The van der Waals surface area contributed by atoms with Gasteiger partial charge in [-0.3, -0.25) is 4.79 Å². The first-order chi connectivity index (χ1) is 12.5. The van der Waals surface area contributed by atoms with Crippen LogP contribution in [0.4, 0.5) is 0 Å². The summed E-state index contributed by atoms with van der Waals surface area (Å²) >= 11 is 0.